The predicted octanol–water partition coefficient (Wildman–Crippen LogP) is 2.27. The van der Waals surface area contributed by atoms with Crippen LogP contribution in [0.25, 0.3) is 0 Å². The molecule has 0 amide bonds. The van der Waals surface area contributed by atoms with Crippen LogP contribution in [0.15, 0.2) is 0 Å². The van der Waals surface area contributed by atoms with Crippen molar-refractivity contribution in [2.45, 2.75) is 51.5 Å². The summed E-state index contributed by atoms with van der Waals surface area (Å²) in [5, 5.41) is 12.4. The van der Waals surface area contributed by atoms with Gasteiger partial charge in [-0.05, 0) is 56.9 Å². The Kier molecular flexibility index (Phi) is 3.24. The van der Waals surface area contributed by atoms with E-state index in [1.54, 1.807) is 6.92 Å². The van der Waals surface area contributed by atoms with E-state index >= 15 is 0 Å². The molecule has 4 atom stereocenters. The highest BCUT2D eigenvalue weighted by atomic mass is 16.4. The number of hydrogen-bond acceptors (Lipinski definition) is 2. The van der Waals surface area contributed by atoms with Crippen molar-refractivity contribution >= 4 is 5.97 Å². The van der Waals surface area contributed by atoms with Crippen molar-refractivity contribution in [1.29, 1.82) is 0 Å². The third kappa shape index (κ3) is 2.10. The smallest absolute Gasteiger partial charge is 0.323 e. The molecule has 92 valence electrons. The van der Waals surface area contributed by atoms with Gasteiger partial charge in [-0.1, -0.05) is 13.3 Å². The van der Waals surface area contributed by atoms with Crippen LogP contribution in [0, 0.1) is 17.8 Å². The fourth-order valence-electron chi connectivity index (χ4n) is 3.33. The number of carbonyl (C=O) groups is 1. The van der Waals surface area contributed by atoms with Crippen LogP contribution < -0.4 is 5.32 Å². The Labute approximate surface area is 97.6 Å². The minimum Gasteiger partial charge on any atom is -0.480 e. The average molecular weight is 225 g/mol. The maximum atomic E-state index is 11.2. The van der Waals surface area contributed by atoms with Gasteiger partial charge < -0.3 is 10.4 Å². The molecule has 2 rings (SSSR count). The van der Waals surface area contributed by atoms with Gasteiger partial charge in [-0.25, -0.2) is 0 Å². The Balaban J connectivity index is 1.85. The molecule has 2 bridgehead atoms. The monoisotopic (exact) mass is 225 g/mol. The van der Waals surface area contributed by atoms with Crippen LogP contribution >= 0.6 is 0 Å². The van der Waals surface area contributed by atoms with Gasteiger partial charge in [-0.15, -0.1) is 0 Å². The first-order valence-corrected chi connectivity index (χ1v) is 6.53. The predicted molar refractivity (Wildman–Crippen MR) is 63.3 cm³/mol. The van der Waals surface area contributed by atoms with E-state index in [0.717, 1.165) is 24.3 Å². The summed E-state index contributed by atoms with van der Waals surface area (Å²) < 4.78 is 0. The van der Waals surface area contributed by atoms with Gasteiger partial charge in [0, 0.05) is 0 Å². The zero-order chi connectivity index (χ0) is 11.8. The van der Waals surface area contributed by atoms with Crippen molar-refractivity contribution in [1.82, 2.24) is 5.32 Å². The molecular formula is C13H23NO2. The summed E-state index contributed by atoms with van der Waals surface area (Å²) in [7, 11) is 0. The standard InChI is InChI=1S/C13H23NO2/c1-3-13(2,12(15)16)14-8-11-7-9-4-5-10(11)6-9/h9-11,14H,3-8H2,1-2H3,(H,15,16). The highest BCUT2D eigenvalue weighted by molar-refractivity contribution is 5.78. The van der Waals surface area contributed by atoms with E-state index in [-0.39, 0.29) is 0 Å². The van der Waals surface area contributed by atoms with Crippen LogP contribution in [0.4, 0.5) is 0 Å². The first kappa shape index (κ1) is 11.9. The fourth-order valence-corrected chi connectivity index (χ4v) is 3.33. The van der Waals surface area contributed by atoms with E-state index in [0.29, 0.717) is 6.42 Å². The van der Waals surface area contributed by atoms with Crippen molar-refractivity contribution in [3.63, 3.8) is 0 Å². The first-order valence-electron chi connectivity index (χ1n) is 6.53. The second kappa shape index (κ2) is 4.36. The van der Waals surface area contributed by atoms with E-state index < -0.39 is 11.5 Å². The van der Waals surface area contributed by atoms with E-state index in [4.69, 9.17) is 0 Å². The van der Waals surface area contributed by atoms with Crippen LogP contribution in [-0.2, 0) is 4.79 Å². The van der Waals surface area contributed by atoms with Crippen molar-refractivity contribution in [2.75, 3.05) is 6.54 Å². The van der Waals surface area contributed by atoms with Crippen molar-refractivity contribution in [2.24, 2.45) is 17.8 Å². The number of carboxylic acid groups (broad SMARTS) is 1. The normalized spacial score (nSPS) is 36.2. The lowest BCUT2D eigenvalue weighted by molar-refractivity contribution is -0.144. The lowest BCUT2D eigenvalue weighted by atomic mass is 9.87. The average Bonchev–Trinajstić information content (AvgIpc) is 2.87. The van der Waals surface area contributed by atoms with Crippen LogP contribution in [0.5, 0.6) is 0 Å². The molecule has 0 saturated heterocycles. The Morgan fingerprint density at radius 2 is 2.19 bits per heavy atom. The van der Waals surface area contributed by atoms with E-state index in [1.165, 1.54) is 25.7 Å². The van der Waals surface area contributed by atoms with Crippen molar-refractivity contribution in [3.8, 4) is 0 Å². The topological polar surface area (TPSA) is 49.3 Å². The first-order chi connectivity index (χ1) is 7.55. The van der Waals surface area contributed by atoms with Crippen LogP contribution in [0.1, 0.15) is 46.0 Å². The molecule has 2 aliphatic rings. The van der Waals surface area contributed by atoms with Gasteiger partial charge in [-0.2, -0.15) is 0 Å². The summed E-state index contributed by atoms with van der Waals surface area (Å²) in [6.07, 6.45) is 6.13. The lowest BCUT2D eigenvalue weighted by Gasteiger charge is -2.29. The van der Waals surface area contributed by atoms with Gasteiger partial charge in [0.2, 0.25) is 0 Å². The number of nitrogens with one attached hydrogen (secondary N) is 1. The number of rotatable bonds is 5. The zero-order valence-corrected chi connectivity index (χ0v) is 10.3. The Bertz CT molecular complexity index is 279. The van der Waals surface area contributed by atoms with Gasteiger partial charge in [0.05, 0.1) is 0 Å². The third-order valence-electron chi connectivity index (χ3n) is 4.82. The molecule has 16 heavy (non-hydrogen) atoms. The summed E-state index contributed by atoms with van der Waals surface area (Å²) in [5.41, 5.74) is -0.734. The SMILES string of the molecule is CCC(C)(NCC1CC2CCC1C2)C(=O)O. The molecule has 2 saturated carbocycles. The van der Waals surface area contributed by atoms with E-state index in [2.05, 4.69) is 5.32 Å². The third-order valence-corrected chi connectivity index (χ3v) is 4.82. The Morgan fingerprint density at radius 1 is 1.44 bits per heavy atom. The number of fused-ring (bicyclic) bond motifs is 2. The van der Waals surface area contributed by atoms with Crippen LogP contribution in [0.3, 0.4) is 0 Å². The Morgan fingerprint density at radius 3 is 2.62 bits per heavy atom. The summed E-state index contributed by atoms with van der Waals surface area (Å²) in [5.74, 6) is 1.81. The number of aliphatic carboxylic acids is 1. The van der Waals surface area contributed by atoms with E-state index in [9.17, 15) is 9.90 Å². The molecule has 4 unspecified atom stereocenters. The van der Waals surface area contributed by atoms with Gasteiger partial charge >= 0.3 is 5.97 Å². The molecule has 3 nitrogen and oxygen atoms in total. The number of hydrogen-bond donors (Lipinski definition) is 2. The molecule has 0 aromatic rings. The minimum absolute atomic E-state index is 0.642. The largest absolute Gasteiger partial charge is 0.480 e. The van der Waals surface area contributed by atoms with Crippen molar-refractivity contribution < 1.29 is 9.90 Å². The van der Waals surface area contributed by atoms with Gasteiger partial charge in [0.15, 0.2) is 0 Å². The molecule has 0 aliphatic heterocycles. The summed E-state index contributed by atoms with van der Waals surface area (Å²) in [6, 6.07) is 0. The molecule has 0 radical (unpaired) electrons. The summed E-state index contributed by atoms with van der Waals surface area (Å²) >= 11 is 0. The van der Waals surface area contributed by atoms with Crippen LogP contribution in [-0.4, -0.2) is 23.2 Å². The fraction of sp³-hybridized carbons (Fsp3) is 0.923. The molecule has 2 N–H and O–H groups in total. The highest BCUT2D eigenvalue weighted by Gasteiger charge is 2.40. The maximum Gasteiger partial charge on any atom is 0.323 e. The molecule has 0 aromatic heterocycles. The second-order valence-electron chi connectivity index (χ2n) is 5.81. The molecule has 3 heteroatoms. The number of carboxylic acids is 1. The maximum absolute atomic E-state index is 11.2. The molecular weight excluding hydrogens is 202 g/mol. The molecule has 0 heterocycles. The lowest BCUT2D eigenvalue weighted by Crippen LogP contribution is -2.51. The Hall–Kier alpha value is -0.570. The van der Waals surface area contributed by atoms with Gasteiger partial charge in [-0.3, -0.25) is 4.79 Å². The van der Waals surface area contributed by atoms with Gasteiger partial charge in [0.25, 0.3) is 0 Å². The van der Waals surface area contributed by atoms with Gasteiger partial charge in [0.1, 0.15) is 5.54 Å². The highest BCUT2D eigenvalue weighted by Crippen LogP contribution is 2.48. The molecule has 0 spiro atoms. The molecule has 2 fully saturated rings. The molecule has 0 aromatic carbocycles. The second-order valence-corrected chi connectivity index (χ2v) is 5.81. The van der Waals surface area contributed by atoms with Crippen molar-refractivity contribution in [3.05, 3.63) is 0 Å². The summed E-state index contributed by atoms with van der Waals surface area (Å²) in [6.45, 7) is 4.61. The minimum atomic E-state index is -0.734. The zero-order valence-electron chi connectivity index (χ0n) is 10.3. The van der Waals surface area contributed by atoms with E-state index in [1.807, 2.05) is 6.92 Å². The quantitative estimate of drug-likeness (QED) is 0.754. The molecule has 2 aliphatic carbocycles. The summed E-state index contributed by atoms with van der Waals surface area (Å²) in [4.78, 5) is 11.2. The van der Waals surface area contributed by atoms with Crippen LogP contribution in [0.2, 0.25) is 0 Å².